The second-order valence-electron chi connectivity index (χ2n) is 4.49. The summed E-state index contributed by atoms with van der Waals surface area (Å²) in [6.45, 7) is 3.36. The van der Waals surface area contributed by atoms with Crippen LogP contribution in [0.15, 0.2) is 24.3 Å². The SMILES string of the molecule is CCCCN(c1ccc(C=O)cc1)C1CC1. The maximum Gasteiger partial charge on any atom is 0.150 e. The maximum atomic E-state index is 10.6. The molecule has 1 saturated carbocycles. The number of unbranched alkanes of at least 4 members (excludes halogenated alkanes) is 1. The smallest absolute Gasteiger partial charge is 0.150 e. The Bertz CT molecular complexity index is 340. The number of nitrogens with zero attached hydrogens (tertiary/aromatic N) is 1. The van der Waals surface area contributed by atoms with Gasteiger partial charge in [0.25, 0.3) is 0 Å². The number of carbonyl (C=O) groups excluding carboxylic acids is 1. The number of rotatable bonds is 6. The molecular formula is C14H19NO. The Morgan fingerprint density at radius 3 is 2.50 bits per heavy atom. The molecule has 1 aliphatic carbocycles. The first-order valence-corrected chi connectivity index (χ1v) is 6.17. The Balaban J connectivity index is 2.08. The molecule has 2 rings (SSSR count). The van der Waals surface area contributed by atoms with Crippen molar-refractivity contribution in [2.24, 2.45) is 0 Å². The first-order valence-electron chi connectivity index (χ1n) is 6.17. The van der Waals surface area contributed by atoms with E-state index in [0.717, 1.165) is 24.4 Å². The fraction of sp³-hybridized carbons (Fsp3) is 0.500. The van der Waals surface area contributed by atoms with Crippen molar-refractivity contribution in [2.45, 2.75) is 38.6 Å². The van der Waals surface area contributed by atoms with Crippen molar-refractivity contribution >= 4 is 12.0 Å². The summed E-state index contributed by atoms with van der Waals surface area (Å²) in [6.07, 6.45) is 6.01. The van der Waals surface area contributed by atoms with E-state index in [2.05, 4.69) is 24.0 Å². The van der Waals surface area contributed by atoms with Crippen LogP contribution >= 0.6 is 0 Å². The van der Waals surface area contributed by atoms with Gasteiger partial charge in [0.05, 0.1) is 0 Å². The van der Waals surface area contributed by atoms with Crippen molar-refractivity contribution in [1.29, 1.82) is 0 Å². The van der Waals surface area contributed by atoms with Gasteiger partial charge in [-0.3, -0.25) is 4.79 Å². The zero-order chi connectivity index (χ0) is 11.4. The highest BCUT2D eigenvalue weighted by Crippen LogP contribution is 2.31. The zero-order valence-electron chi connectivity index (χ0n) is 9.86. The largest absolute Gasteiger partial charge is 0.369 e. The lowest BCUT2D eigenvalue weighted by atomic mass is 10.2. The van der Waals surface area contributed by atoms with Gasteiger partial charge in [-0.2, -0.15) is 0 Å². The number of hydrogen-bond acceptors (Lipinski definition) is 2. The molecule has 0 bridgehead atoms. The average molecular weight is 217 g/mol. The predicted octanol–water partition coefficient (Wildman–Crippen LogP) is 3.27. The van der Waals surface area contributed by atoms with Gasteiger partial charge < -0.3 is 4.90 Å². The van der Waals surface area contributed by atoms with E-state index >= 15 is 0 Å². The second kappa shape index (κ2) is 5.15. The lowest BCUT2D eigenvalue weighted by Crippen LogP contribution is -2.26. The van der Waals surface area contributed by atoms with Gasteiger partial charge in [-0.15, -0.1) is 0 Å². The third-order valence-corrected chi connectivity index (χ3v) is 3.10. The maximum absolute atomic E-state index is 10.6. The monoisotopic (exact) mass is 217 g/mol. The molecule has 0 unspecified atom stereocenters. The van der Waals surface area contributed by atoms with Gasteiger partial charge in [0.1, 0.15) is 6.29 Å². The molecule has 0 spiro atoms. The van der Waals surface area contributed by atoms with E-state index in [4.69, 9.17) is 0 Å². The Labute approximate surface area is 97.3 Å². The van der Waals surface area contributed by atoms with Crippen molar-refractivity contribution in [3.8, 4) is 0 Å². The molecule has 0 saturated heterocycles. The van der Waals surface area contributed by atoms with E-state index in [1.807, 2.05) is 12.1 Å². The highest BCUT2D eigenvalue weighted by molar-refractivity contribution is 5.75. The molecule has 1 aromatic carbocycles. The van der Waals surface area contributed by atoms with E-state index in [-0.39, 0.29) is 0 Å². The van der Waals surface area contributed by atoms with Crippen molar-refractivity contribution in [3.63, 3.8) is 0 Å². The third kappa shape index (κ3) is 2.63. The number of hydrogen-bond donors (Lipinski definition) is 0. The molecule has 0 amide bonds. The van der Waals surface area contributed by atoms with Gasteiger partial charge >= 0.3 is 0 Å². The van der Waals surface area contributed by atoms with Crippen molar-refractivity contribution in [1.82, 2.24) is 0 Å². The van der Waals surface area contributed by atoms with Gasteiger partial charge in [-0.05, 0) is 43.5 Å². The Morgan fingerprint density at radius 2 is 2.00 bits per heavy atom. The minimum Gasteiger partial charge on any atom is -0.369 e. The molecule has 0 atom stereocenters. The van der Waals surface area contributed by atoms with Gasteiger partial charge in [0.2, 0.25) is 0 Å². The summed E-state index contributed by atoms with van der Waals surface area (Å²) in [5.74, 6) is 0. The molecule has 1 aliphatic rings. The molecule has 0 radical (unpaired) electrons. The minimum atomic E-state index is 0.744. The quantitative estimate of drug-likeness (QED) is 0.682. The molecule has 2 nitrogen and oxygen atoms in total. The number of anilines is 1. The molecular weight excluding hydrogens is 198 g/mol. The molecule has 86 valence electrons. The van der Waals surface area contributed by atoms with Crippen LogP contribution in [0.5, 0.6) is 0 Å². The van der Waals surface area contributed by atoms with Gasteiger partial charge in [-0.1, -0.05) is 13.3 Å². The molecule has 0 aliphatic heterocycles. The predicted molar refractivity (Wildman–Crippen MR) is 67.1 cm³/mol. The number of carbonyl (C=O) groups is 1. The molecule has 1 aromatic rings. The normalized spacial score (nSPS) is 14.8. The number of benzene rings is 1. The summed E-state index contributed by atoms with van der Waals surface area (Å²) in [6, 6.07) is 8.69. The van der Waals surface area contributed by atoms with Crippen LogP contribution in [-0.4, -0.2) is 18.9 Å². The highest BCUT2D eigenvalue weighted by Gasteiger charge is 2.28. The van der Waals surface area contributed by atoms with Crippen LogP contribution < -0.4 is 4.90 Å². The summed E-state index contributed by atoms with van der Waals surface area (Å²) in [5.41, 5.74) is 2.02. The van der Waals surface area contributed by atoms with Gasteiger partial charge in [-0.25, -0.2) is 0 Å². The zero-order valence-corrected chi connectivity index (χ0v) is 9.86. The van der Waals surface area contributed by atoms with Crippen LogP contribution in [0, 0.1) is 0 Å². The highest BCUT2D eigenvalue weighted by atomic mass is 16.1. The molecule has 16 heavy (non-hydrogen) atoms. The molecule has 1 fully saturated rings. The standard InChI is InChI=1S/C14H19NO/c1-2-3-10-15(14-8-9-14)13-6-4-12(11-16)5-7-13/h4-7,11,14H,2-3,8-10H2,1H3. The van der Waals surface area contributed by atoms with Crippen LogP contribution in [0.25, 0.3) is 0 Å². The van der Waals surface area contributed by atoms with Crippen LogP contribution in [0.2, 0.25) is 0 Å². The summed E-state index contributed by atoms with van der Waals surface area (Å²) >= 11 is 0. The molecule has 0 heterocycles. The van der Waals surface area contributed by atoms with Crippen molar-refractivity contribution in [3.05, 3.63) is 29.8 Å². The summed E-state index contributed by atoms with van der Waals surface area (Å²) in [5, 5.41) is 0. The Hall–Kier alpha value is -1.31. The fourth-order valence-electron chi connectivity index (χ4n) is 1.98. The molecule has 0 N–H and O–H groups in total. The first kappa shape index (κ1) is 11.2. The lowest BCUT2D eigenvalue weighted by Gasteiger charge is -2.24. The van der Waals surface area contributed by atoms with Crippen LogP contribution in [-0.2, 0) is 0 Å². The molecule has 2 heteroatoms. The Kier molecular flexibility index (Phi) is 3.60. The lowest BCUT2D eigenvalue weighted by molar-refractivity contribution is 0.112. The van der Waals surface area contributed by atoms with Crippen LogP contribution in [0.4, 0.5) is 5.69 Å². The van der Waals surface area contributed by atoms with E-state index in [0.29, 0.717) is 0 Å². The van der Waals surface area contributed by atoms with Gasteiger partial charge in [0, 0.05) is 23.8 Å². The van der Waals surface area contributed by atoms with Crippen LogP contribution in [0.1, 0.15) is 43.0 Å². The topological polar surface area (TPSA) is 20.3 Å². The average Bonchev–Trinajstić information content (AvgIpc) is 3.15. The summed E-state index contributed by atoms with van der Waals surface area (Å²) in [7, 11) is 0. The van der Waals surface area contributed by atoms with E-state index < -0.39 is 0 Å². The fourth-order valence-corrected chi connectivity index (χ4v) is 1.98. The summed E-state index contributed by atoms with van der Waals surface area (Å²) in [4.78, 5) is 13.1. The number of aldehydes is 1. The second-order valence-corrected chi connectivity index (χ2v) is 4.49. The minimum absolute atomic E-state index is 0.744. The third-order valence-electron chi connectivity index (χ3n) is 3.10. The van der Waals surface area contributed by atoms with E-state index in [1.165, 1.54) is 31.4 Å². The van der Waals surface area contributed by atoms with Crippen molar-refractivity contribution in [2.75, 3.05) is 11.4 Å². The van der Waals surface area contributed by atoms with Crippen LogP contribution in [0.3, 0.4) is 0 Å². The first-order chi connectivity index (χ1) is 7.85. The van der Waals surface area contributed by atoms with E-state index in [9.17, 15) is 4.79 Å². The van der Waals surface area contributed by atoms with Crippen molar-refractivity contribution < 1.29 is 4.79 Å². The van der Waals surface area contributed by atoms with E-state index in [1.54, 1.807) is 0 Å². The molecule has 0 aromatic heterocycles. The van der Waals surface area contributed by atoms with Gasteiger partial charge in [0.15, 0.2) is 0 Å². The Morgan fingerprint density at radius 1 is 1.31 bits per heavy atom. The summed E-state index contributed by atoms with van der Waals surface area (Å²) < 4.78 is 0.